The number of rotatable bonds is 7. The molecule has 0 amide bonds. The number of para-hydroxylation sites is 1. The van der Waals surface area contributed by atoms with Gasteiger partial charge in [0.05, 0.1) is 5.16 Å². The zero-order valence-corrected chi connectivity index (χ0v) is 20.2. The first-order chi connectivity index (χ1) is 15.5. The zero-order chi connectivity index (χ0) is 22.6. The van der Waals surface area contributed by atoms with Gasteiger partial charge in [0.2, 0.25) is 0 Å². The van der Waals surface area contributed by atoms with Crippen LogP contribution in [0.1, 0.15) is 31.9 Å². The summed E-state index contributed by atoms with van der Waals surface area (Å²) in [6.07, 6.45) is 9.05. The standard InChI is InChI=1S/C29H31O2P/c1-28(2,3)25-18-13-19-26(27(25)31-22-30-4)32(24-16-9-6-10-17-24)29(20-11-12-21-29)23-14-7-5-8-15-23/h5-21H,22H2,1-4H3. The van der Waals surface area contributed by atoms with Gasteiger partial charge in [-0.05, 0) is 24.2 Å². The monoisotopic (exact) mass is 442 g/mol. The lowest BCUT2D eigenvalue weighted by Gasteiger charge is -2.38. The van der Waals surface area contributed by atoms with E-state index in [0.717, 1.165) is 5.75 Å². The number of allylic oxidation sites excluding steroid dienone is 4. The molecule has 164 valence electrons. The summed E-state index contributed by atoms with van der Waals surface area (Å²) in [4.78, 5) is 0. The highest BCUT2D eigenvalue weighted by Crippen LogP contribution is 2.59. The summed E-state index contributed by atoms with van der Waals surface area (Å²) in [6.45, 7) is 6.93. The summed E-state index contributed by atoms with van der Waals surface area (Å²) in [6, 6.07) is 28.3. The summed E-state index contributed by atoms with van der Waals surface area (Å²) < 4.78 is 11.7. The van der Waals surface area contributed by atoms with E-state index in [0.29, 0.717) is 0 Å². The highest BCUT2D eigenvalue weighted by molar-refractivity contribution is 7.74. The molecule has 0 heterocycles. The van der Waals surface area contributed by atoms with Crippen molar-refractivity contribution in [3.8, 4) is 5.75 Å². The van der Waals surface area contributed by atoms with E-state index < -0.39 is 7.92 Å². The molecular formula is C29H31O2P. The van der Waals surface area contributed by atoms with E-state index in [4.69, 9.17) is 9.47 Å². The van der Waals surface area contributed by atoms with Crippen LogP contribution in [-0.2, 0) is 15.3 Å². The van der Waals surface area contributed by atoms with Crippen LogP contribution in [0.2, 0.25) is 0 Å². The van der Waals surface area contributed by atoms with E-state index in [1.165, 1.54) is 21.7 Å². The molecule has 0 saturated carbocycles. The third kappa shape index (κ3) is 4.31. The van der Waals surface area contributed by atoms with Crippen molar-refractivity contribution < 1.29 is 9.47 Å². The van der Waals surface area contributed by atoms with Crippen LogP contribution in [0.3, 0.4) is 0 Å². The van der Waals surface area contributed by atoms with Crippen LogP contribution >= 0.6 is 7.92 Å². The van der Waals surface area contributed by atoms with E-state index in [2.05, 4.69) is 124 Å². The molecule has 1 atom stereocenters. The van der Waals surface area contributed by atoms with E-state index in [1.807, 2.05) is 0 Å². The Kier molecular flexibility index (Phi) is 6.65. The Bertz CT molecular complexity index is 1080. The first kappa shape index (κ1) is 22.5. The zero-order valence-electron chi connectivity index (χ0n) is 19.3. The molecular weight excluding hydrogens is 411 g/mol. The Morgan fingerprint density at radius 1 is 0.781 bits per heavy atom. The second-order valence-corrected chi connectivity index (χ2v) is 11.4. The Labute approximate surface area is 193 Å². The van der Waals surface area contributed by atoms with E-state index >= 15 is 0 Å². The Balaban J connectivity index is 2.02. The Hall–Kier alpha value is -2.67. The van der Waals surface area contributed by atoms with Gasteiger partial charge < -0.3 is 9.47 Å². The van der Waals surface area contributed by atoms with Gasteiger partial charge in [0.15, 0.2) is 6.79 Å². The summed E-state index contributed by atoms with van der Waals surface area (Å²) in [5.41, 5.74) is 2.43. The molecule has 0 spiro atoms. The molecule has 1 aliphatic carbocycles. The maximum atomic E-state index is 6.33. The largest absolute Gasteiger partial charge is 0.467 e. The molecule has 0 aliphatic heterocycles. The van der Waals surface area contributed by atoms with Crippen LogP contribution in [-0.4, -0.2) is 13.9 Å². The van der Waals surface area contributed by atoms with Crippen molar-refractivity contribution in [3.63, 3.8) is 0 Å². The van der Waals surface area contributed by atoms with Crippen molar-refractivity contribution in [3.05, 3.63) is 114 Å². The second kappa shape index (κ2) is 9.45. The van der Waals surface area contributed by atoms with Crippen molar-refractivity contribution in [2.45, 2.75) is 31.3 Å². The van der Waals surface area contributed by atoms with Crippen LogP contribution in [0.15, 0.2) is 103 Å². The summed E-state index contributed by atoms with van der Waals surface area (Å²) >= 11 is 0. The van der Waals surface area contributed by atoms with E-state index in [-0.39, 0.29) is 17.4 Å². The highest BCUT2D eigenvalue weighted by Gasteiger charge is 2.41. The summed E-state index contributed by atoms with van der Waals surface area (Å²) in [5.74, 6) is 0.945. The van der Waals surface area contributed by atoms with Crippen molar-refractivity contribution in [2.75, 3.05) is 13.9 Å². The van der Waals surface area contributed by atoms with Crippen molar-refractivity contribution in [2.24, 2.45) is 0 Å². The predicted octanol–water partition coefficient (Wildman–Crippen LogP) is 6.42. The van der Waals surface area contributed by atoms with Crippen molar-refractivity contribution in [1.29, 1.82) is 0 Å². The van der Waals surface area contributed by atoms with Gasteiger partial charge in [0, 0.05) is 18.0 Å². The fourth-order valence-corrected chi connectivity index (χ4v) is 7.40. The smallest absolute Gasteiger partial charge is 0.188 e. The predicted molar refractivity (Wildman–Crippen MR) is 137 cm³/mol. The molecule has 3 aromatic rings. The molecule has 0 bridgehead atoms. The normalized spacial score (nSPS) is 15.6. The third-order valence-electron chi connectivity index (χ3n) is 5.80. The maximum Gasteiger partial charge on any atom is 0.188 e. The Morgan fingerprint density at radius 3 is 2.00 bits per heavy atom. The first-order valence-corrected chi connectivity index (χ1v) is 12.3. The lowest BCUT2D eigenvalue weighted by atomic mass is 9.86. The minimum absolute atomic E-state index is 0.0575. The molecule has 3 aromatic carbocycles. The molecule has 0 aromatic heterocycles. The van der Waals surface area contributed by atoms with Gasteiger partial charge in [-0.2, -0.15) is 0 Å². The molecule has 0 fully saturated rings. The fourth-order valence-electron chi connectivity index (χ4n) is 4.33. The lowest BCUT2D eigenvalue weighted by Crippen LogP contribution is -2.31. The van der Waals surface area contributed by atoms with Crippen molar-refractivity contribution in [1.82, 2.24) is 0 Å². The van der Waals surface area contributed by atoms with Gasteiger partial charge in [-0.15, -0.1) is 0 Å². The van der Waals surface area contributed by atoms with Gasteiger partial charge in [-0.1, -0.05) is 124 Å². The second-order valence-electron chi connectivity index (χ2n) is 9.04. The minimum atomic E-state index is -0.867. The molecule has 1 aliphatic rings. The number of benzene rings is 3. The van der Waals surface area contributed by atoms with Crippen LogP contribution in [0.25, 0.3) is 0 Å². The van der Waals surface area contributed by atoms with E-state index in [1.54, 1.807) is 7.11 Å². The fraction of sp³-hybridized carbons (Fsp3) is 0.241. The van der Waals surface area contributed by atoms with Gasteiger partial charge in [0.25, 0.3) is 0 Å². The Morgan fingerprint density at radius 2 is 1.41 bits per heavy atom. The highest BCUT2D eigenvalue weighted by atomic mass is 31.1. The van der Waals surface area contributed by atoms with Crippen LogP contribution < -0.4 is 15.3 Å². The topological polar surface area (TPSA) is 18.5 Å². The number of hydrogen-bond donors (Lipinski definition) is 0. The number of ether oxygens (including phenoxy) is 2. The maximum absolute atomic E-state index is 6.33. The van der Waals surface area contributed by atoms with Gasteiger partial charge in [0.1, 0.15) is 5.75 Å². The number of methoxy groups -OCH3 is 1. The molecule has 3 heteroatoms. The molecule has 4 rings (SSSR count). The molecule has 0 radical (unpaired) electrons. The minimum Gasteiger partial charge on any atom is -0.467 e. The number of hydrogen-bond acceptors (Lipinski definition) is 2. The molecule has 0 N–H and O–H groups in total. The van der Waals surface area contributed by atoms with E-state index in [9.17, 15) is 0 Å². The molecule has 0 saturated heterocycles. The average molecular weight is 443 g/mol. The average Bonchev–Trinajstić information content (AvgIpc) is 3.29. The first-order valence-electron chi connectivity index (χ1n) is 11.0. The molecule has 2 nitrogen and oxygen atoms in total. The van der Waals surface area contributed by atoms with Crippen molar-refractivity contribution >= 4 is 18.5 Å². The SMILES string of the molecule is COCOc1c(P(c2ccccc2)C2(c3ccccc3)C=CC=C2)cccc1C(C)(C)C. The lowest BCUT2D eigenvalue weighted by molar-refractivity contribution is 0.0506. The quantitative estimate of drug-likeness (QED) is 0.310. The summed E-state index contributed by atoms with van der Waals surface area (Å²) in [5, 5.41) is 2.30. The van der Waals surface area contributed by atoms with Gasteiger partial charge >= 0.3 is 0 Å². The molecule has 32 heavy (non-hydrogen) atoms. The third-order valence-corrected chi connectivity index (χ3v) is 8.74. The summed E-state index contributed by atoms with van der Waals surface area (Å²) in [7, 11) is 0.806. The van der Waals surface area contributed by atoms with Crippen LogP contribution in [0.5, 0.6) is 5.75 Å². The van der Waals surface area contributed by atoms with Gasteiger partial charge in [-0.3, -0.25) is 0 Å². The van der Waals surface area contributed by atoms with Crippen LogP contribution in [0, 0.1) is 0 Å². The van der Waals surface area contributed by atoms with Gasteiger partial charge in [-0.25, -0.2) is 0 Å². The molecule has 1 unspecified atom stereocenters. The van der Waals surface area contributed by atoms with Crippen LogP contribution in [0.4, 0.5) is 0 Å².